The van der Waals surface area contributed by atoms with Crippen molar-refractivity contribution in [1.82, 2.24) is 20.2 Å². The molecule has 2 aromatic heterocycles. The number of aryl methyl sites for hydroxylation is 1. The largest absolute Gasteiger partial charge is 0.496 e. The summed E-state index contributed by atoms with van der Waals surface area (Å²) >= 11 is 0. The number of nitrogens with zero attached hydrogens (tertiary/aromatic N) is 3. The van der Waals surface area contributed by atoms with Crippen LogP contribution in [-0.4, -0.2) is 53.6 Å². The van der Waals surface area contributed by atoms with Gasteiger partial charge in [0.1, 0.15) is 11.6 Å². The molecule has 3 aliphatic rings. The number of para-hydroxylation sites is 1. The Morgan fingerprint density at radius 1 is 1.25 bits per heavy atom. The number of furan rings is 1. The Bertz CT molecular complexity index is 1100. The van der Waals surface area contributed by atoms with Gasteiger partial charge in [0.2, 0.25) is 0 Å². The van der Waals surface area contributed by atoms with Crippen molar-refractivity contribution in [2.45, 2.75) is 31.7 Å². The van der Waals surface area contributed by atoms with Crippen LogP contribution in [0.1, 0.15) is 40.8 Å². The lowest BCUT2D eigenvalue weighted by Crippen LogP contribution is -2.56. The summed E-state index contributed by atoms with van der Waals surface area (Å²) in [6.45, 7) is 4.61. The Labute approximate surface area is 187 Å². The zero-order valence-corrected chi connectivity index (χ0v) is 18.5. The van der Waals surface area contributed by atoms with Crippen LogP contribution in [0, 0.1) is 12.8 Å². The predicted octanol–water partition coefficient (Wildman–Crippen LogP) is 3.66. The molecule has 0 spiro atoms. The smallest absolute Gasteiger partial charge is 0.287 e. The number of ether oxygens (including phenoxy) is 1. The zero-order valence-electron chi connectivity index (χ0n) is 18.5. The number of carbonyl (C=O) groups is 1. The van der Waals surface area contributed by atoms with E-state index in [-0.39, 0.29) is 5.91 Å². The van der Waals surface area contributed by atoms with E-state index >= 15 is 0 Å². The topological polar surface area (TPSA) is 80.5 Å². The minimum absolute atomic E-state index is 0.151. The maximum absolute atomic E-state index is 12.3. The molecule has 0 saturated carbocycles. The molecule has 32 heavy (non-hydrogen) atoms. The molecule has 7 heteroatoms. The van der Waals surface area contributed by atoms with E-state index in [1.54, 1.807) is 19.2 Å². The molecule has 1 amide bonds. The highest BCUT2D eigenvalue weighted by atomic mass is 16.5. The van der Waals surface area contributed by atoms with Gasteiger partial charge in [0, 0.05) is 36.3 Å². The Balaban J connectivity index is 1.32. The van der Waals surface area contributed by atoms with Gasteiger partial charge in [0.05, 0.1) is 19.1 Å². The van der Waals surface area contributed by atoms with Crippen LogP contribution < -0.4 is 10.1 Å². The van der Waals surface area contributed by atoms with Crippen molar-refractivity contribution in [3.63, 3.8) is 0 Å². The van der Waals surface area contributed by atoms with Crippen LogP contribution in [0.5, 0.6) is 5.75 Å². The van der Waals surface area contributed by atoms with Crippen molar-refractivity contribution >= 4 is 5.91 Å². The number of aromatic nitrogens is 2. The summed E-state index contributed by atoms with van der Waals surface area (Å²) in [5.74, 6) is 2.72. The second kappa shape index (κ2) is 8.74. The Kier molecular flexibility index (Phi) is 5.66. The Morgan fingerprint density at radius 2 is 2.12 bits per heavy atom. The van der Waals surface area contributed by atoms with E-state index in [4.69, 9.17) is 19.1 Å². The average molecular weight is 433 g/mol. The van der Waals surface area contributed by atoms with Crippen LogP contribution in [-0.2, 0) is 0 Å². The molecule has 1 unspecified atom stereocenters. The van der Waals surface area contributed by atoms with Crippen LogP contribution in [0.3, 0.4) is 0 Å². The third kappa shape index (κ3) is 4.00. The molecule has 3 aromatic rings. The minimum Gasteiger partial charge on any atom is -0.496 e. The fourth-order valence-electron chi connectivity index (χ4n) is 5.17. The zero-order chi connectivity index (χ0) is 22.1. The lowest BCUT2D eigenvalue weighted by atomic mass is 9.74. The van der Waals surface area contributed by atoms with Gasteiger partial charge in [-0.15, -0.1) is 0 Å². The molecule has 7 nitrogen and oxygen atoms in total. The van der Waals surface area contributed by atoms with Gasteiger partial charge >= 0.3 is 0 Å². The highest BCUT2D eigenvalue weighted by molar-refractivity contribution is 5.91. The molecule has 6 rings (SSSR count). The SMILES string of the molecule is COc1ccccc1-c1cc([C@H]2CN3CC[C@H]2C[C@@H]3CNC(=O)c2ccco2)nc(C)n1. The van der Waals surface area contributed by atoms with Crippen LogP contribution in [0.25, 0.3) is 11.3 Å². The molecule has 1 aromatic carbocycles. The van der Waals surface area contributed by atoms with Gasteiger partial charge in [-0.1, -0.05) is 12.1 Å². The second-order valence-corrected chi connectivity index (χ2v) is 8.65. The van der Waals surface area contributed by atoms with E-state index in [1.165, 1.54) is 6.26 Å². The highest BCUT2D eigenvalue weighted by Crippen LogP contribution is 2.42. The van der Waals surface area contributed by atoms with Crippen molar-refractivity contribution in [2.24, 2.45) is 5.92 Å². The highest BCUT2D eigenvalue weighted by Gasteiger charge is 2.41. The average Bonchev–Trinajstić information content (AvgIpc) is 3.37. The molecule has 0 radical (unpaired) electrons. The molecule has 1 N–H and O–H groups in total. The summed E-state index contributed by atoms with van der Waals surface area (Å²) in [6, 6.07) is 13.9. The number of hydrogen-bond acceptors (Lipinski definition) is 6. The molecule has 4 atom stereocenters. The first kappa shape index (κ1) is 20.7. The maximum Gasteiger partial charge on any atom is 0.287 e. The number of hydrogen-bond donors (Lipinski definition) is 1. The molecular weight excluding hydrogens is 404 g/mol. The molecule has 3 aliphatic heterocycles. The van der Waals surface area contributed by atoms with Crippen LogP contribution in [0.15, 0.2) is 53.1 Å². The lowest BCUT2D eigenvalue weighted by molar-refractivity contribution is 0.0288. The fourth-order valence-corrected chi connectivity index (χ4v) is 5.17. The lowest BCUT2D eigenvalue weighted by Gasteiger charge is -2.49. The molecule has 166 valence electrons. The number of fused-ring (bicyclic) bond motifs is 3. The maximum atomic E-state index is 12.3. The number of carbonyl (C=O) groups excluding carboxylic acids is 1. The first-order valence-electron chi connectivity index (χ1n) is 11.2. The quantitative estimate of drug-likeness (QED) is 0.640. The first-order valence-corrected chi connectivity index (χ1v) is 11.2. The van der Waals surface area contributed by atoms with Gasteiger partial charge < -0.3 is 14.5 Å². The number of rotatable bonds is 6. The normalized spacial score (nSPS) is 24.3. The van der Waals surface area contributed by atoms with Crippen molar-refractivity contribution < 1.29 is 13.9 Å². The standard InChI is InChI=1S/C25H28N4O3/c1-16-27-21(19-6-3-4-7-23(19)31-2)13-22(28-16)20-15-29-10-9-17(20)12-18(29)14-26-25(30)24-8-5-11-32-24/h3-8,11,13,17-18,20H,9-10,12,14-15H2,1-2H3,(H,26,30)/t17-,18+,20-/m0/s1. The first-order chi connectivity index (χ1) is 15.6. The van der Waals surface area contributed by atoms with Gasteiger partial charge in [-0.2, -0.15) is 0 Å². The number of amides is 1. The van der Waals surface area contributed by atoms with Gasteiger partial charge in [-0.3, -0.25) is 9.69 Å². The predicted molar refractivity (Wildman–Crippen MR) is 121 cm³/mol. The summed E-state index contributed by atoms with van der Waals surface area (Å²) in [5, 5.41) is 3.03. The van der Waals surface area contributed by atoms with E-state index in [0.29, 0.717) is 30.2 Å². The number of piperidine rings is 3. The third-order valence-electron chi connectivity index (χ3n) is 6.74. The summed E-state index contributed by atoms with van der Waals surface area (Å²) in [5.41, 5.74) is 3.00. The van der Waals surface area contributed by atoms with Crippen molar-refractivity contribution in [3.8, 4) is 17.0 Å². The summed E-state index contributed by atoms with van der Waals surface area (Å²) in [7, 11) is 1.69. The summed E-state index contributed by atoms with van der Waals surface area (Å²) in [4.78, 5) is 24.3. The fraction of sp³-hybridized carbons (Fsp3) is 0.400. The van der Waals surface area contributed by atoms with E-state index in [2.05, 4.69) is 16.3 Å². The van der Waals surface area contributed by atoms with Gasteiger partial charge in [0.25, 0.3) is 5.91 Å². The number of benzene rings is 1. The van der Waals surface area contributed by atoms with Gasteiger partial charge in [-0.25, -0.2) is 9.97 Å². The minimum atomic E-state index is -0.151. The van der Waals surface area contributed by atoms with Gasteiger partial charge in [0.15, 0.2) is 5.76 Å². The second-order valence-electron chi connectivity index (χ2n) is 8.65. The van der Waals surface area contributed by atoms with Crippen molar-refractivity contribution in [1.29, 1.82) is 0 Å². The number of nitrogens with one attached hydrogen (secondary N) is 1. The molecule has 2 bridgehead atoms. The van der Waals surface area contributed by atoms with E-state index < -0.39 is 0 Å². The van der Waals surface area contributed by atoms with Crippen molar-refractivity contribution in [2.75, 3.05) is 26.7 Å². The van der Waals surface area contributed by atoms with Crippen molar-refractivity contribution in [3.05, 3.63) is 66.0 Å². The summed E-state index contributed by atoms with van der Waals surface area (Å²) < 4.78 is 10.8. The van der Waals surface area contributed by atoms with Gasteiger partial charge in [-0.05, 0) is 62.6 Å². The molecule has 0 aliphatic carbocycles. The van der Waals surface area contributed by atoms with Crippen LogP contribution >= 0.6 is 0 Å². The number of methoxy groups -OCH3 is 1. The molecular formula is C25H28N4O3. The Morgan fingerprint density at radius 3 is 2.88 bits per heavy atom. The van der Waals surface area contributed by atoms with Crippen LogP contribution in [0.2, 0.25) is 0 Å². The monoisotopic (exact) mass is 432 g/mol. The van der Waals surface area contributed by atoms with E-state index in [9.17, 15) is 4.79 Å². The molecule has 5 heterocycles. The molecule has 3 fully saturated rings. The van der Waals surface area contributed by atoms with E-state index in [0.717, 1.165) is 54.5 Å². The summed E-state index contributed by atoms with van der Waals surface area (Å²) in [6.07, 6.45) is 3.73. The van der Waals surface area contributed by atoms with E-state index in [1.807, 2.05) is 31.2 Å². The Hall–Kier alpha value is -3.19. The third-order valence-corrected chi connectivity index (χ3v) is 6.74. The van der Waals surface area contributed by atoms with Crippen LogP contribution in [0.4, 0.5) is 0 Å². The molecule has 3 saturated heterocycles.